The summed E-state index contributed by atoms with van der Waals surface area (Å²) in [6, 6.07) is 6.87. The zero-order chi connectivity index (χ0) is 14.0. The van der Waals surface area contributed by atoms with Crippen molar-refractivity contribution < 1.29 is 4.39 Å². The summed E-state index contributed by atoms with van der Waals surface area (Å²) in [4.78, 5) is 1.22. The van der Waals surface area contributed by atoms with Crippen LogP contribution >= 0.6 is 27.3 Å². The molecule has 19 heavy (non-hydrogen) atoms. The molecule has 0 fully saturated rings. The fourth-order valence-corrected chi connectivity index (χ4v) is 3.39. The summed E-state index contributed by atoms with van der Waals surface area (Å²) in [6.07, 6.45) is 1.64. The lowest BCUT2D eigenvalue weighted by Crippen LogP contribution is -1.94. The predicted molar refractivity (Wildman–Crippen MR) is 80.5 cm³/mol. The van der Waals surface area contributed by atoms with Gasteiger partial charge in [-0.15, -0.1) is 11.3 Å². The zero-order valence-electron chi connectivity index (χ0n) is 10.3. The average molecular weight is 339 g/mol. The van der Waals surface area contributed by atoms with Crippen LogP contribution in [0.15, 0.2) is 22.7 Å². The van der Waals surface area contributed by atoms with Gasteiger partial charge in [0.15, 0.2) is 0 Å². The average Bonchev–Trinajstić information content (AvgIpc) is 2.70. The van der Waals surface area contributed by atoms with Gasteiger partial charge in [0, 0.05) is 14.9 Å². The van der Waals surface area contributed by atoms with Gasteiger partial charge in [-0.2, -0.15) is 5.26 Å². The fourth-order valence-electron chi connectivity index (χ4n) is 1.95. The van der Waals surface area contributed by atoms with Crippen molar-refractivity contribution in [1.82, 2.24) is 0 Å². The fraction of sp³-hybridized carbons (Fsp3) is 0.214. The van der Waals surface area contributed by atoms with Crippen LogP contribution in [0.3, 0.4) is 0 Å². The van der Waals surface area contributed by atoms with Crippen molar-refractivity contribution in [1.29, 1.82) is 5.26 Å². The molecule has 2 rings (SSSR count). The Balaban J connectivity index is 2.67. The van der Waals surface area contributed by atoms with E-state index in [2.05, 4.69) is 22.0 Å². The highest BCUT2D eigenvalue weighted by molar-refractivity contribution is 9.10. The van der Waals surface area contributed by atoms with Crippen LogP contribution in [0.1, 0.15) is 23.8 Å². The van der Waals surface area contributed by atoms with Gasteiger partial charge in [0.1, 0.15) is 16.8 Å². The van der Waals surface area contributed by atoms with E-state index in [1.54, 1.807) is 12.1 Å². The highest BCUT2D eigenvalue weighted by Crippen LogP contribution is 2.40. The van der Waals surface area contributed by atoms with E-state index in [1.807, 2.05) is 6.92 Å². The highest BCUT2D eigenvalue weighted by atomic mass is 79.9. The number of nitrogen functional groups attached to an aromatic ring is 1. The Kier molecular flexibility index (Phi) is 4.23. The normalized spacial score (nSPS) is 10.4. The minimum absolute atomic E-state index is 0.300. The molecule has 98 valence electrons. The standard InChI is InChI=1S/C14H12BrFN2S/c1-2-3-9-13(18)12(7-17)19-14(9)10-6-8(15)4-5-11(10)16/h4-6H,2-3,18H2,1H3. The molecule has 1 heterocycles. The zero-order valence-corrected chi connectivity index (χ0v) is 12.7. The summed E-state index contributed by atoms with van der Waals surface area (Å²) >= 11 is 4.60. The first kappa shape index (κ1) is 14.0. The van der Waals surface area contributed by atoms with Crippen molar-refractivity contribution in [3.05, 3.63) is 38.9 Å². The molecule has 0 spiro atoms. The molecule has 0 aliphatic rings. The van der Waals surface area contributed by atoms with Crippen LogP contribution in [-0.4, -0.2) is 0 Å². The Hall–Kier alpha value is -1.38. The molecule has 0 bridgehead atoms. The molecule has 0 aliphatic carbocycles. The van der Waals surface area contributed by atoms with E-state index in [-0.39, 0.29) is 5.82 Å². The number of nitrogens with zero attached hydrogens (tertiary/aromatic N) is 1. The SMILES string of the molecule is CCCc1c(-c2cc(Br)ccc2F)sc(C#N)c1N. The number of rotatable bonds is 3. The van der Waals surface area contributed by atoms with E-state index < -0.39 is 0 Å². The molecule has 1 aromatic carbocycles. The van der Waals surface area contributed by atoms with Crippen molar-refractivity contribution in [3.8, 4) is 16.5 Å². The number of nitrogens with two attached hydrogens (primary N) is 1. The van der Waals surface area contributed by atoms with Crippen molar-refractivity contribution >= 4 is 33.0 Å². The van der Waals surface area contributed by atoms with Gasteiger partial charge in [0.25, 0.3) is 0 Å². The van der Waals surface area contributed by atoms with E-state index >= 15 is 0 Å². The molecule has 0 saturated heterocycles. The molecule has 0 unspecified atom stereocenters. The molecule has 0 aliphatic heterocycles. The first-order valence-corrected chi connectivity index (χ1v) is 7.46. The maximum Gasteiger partial charge on any atom is 0.131 e. The number of benzene rings is 1. The summed E-state index contributed by atoms with van der Waals surface area (Å²) in [7, 11) is 0. The second-order valence-corrected chi connectivity index (χ2v) is 6.07. The third-order valence-corrected chi connectivity index (χ3v) is 4.50. The minimum atomic E-state index is -0.300. The predicted octanol–water partition coefficient (Wildman–Crippen LogP) is 4.72. The van der Waals surface area contributed by atoms with Crippen molar-refractivity contribution in [2.75, 3.05) is 5.73 Å². The second-order valence-electron chi connectivity index (χ2n) is 4.14. The van der Waals surface area contributed by atoms with E-state index in [0.29, 0.717) is 16.1 Å². The minimum Gasteiger partial charge on any atom is -0.397 e. The Morgan fingerprint density at radius 3 is 2.84 bits per heavy atom. The van der Waals surface area contributed by atoms with Crippen LogP contribution < -0.4 is 5.73 Å². The maximum absolute atomic E-state index is 14.0. The molecule has 0 atom stereocenters. The Morgan fingerprint density at radius 1 is 1.47 bits per heavy atom. The number of thiophene rings is 1. The van der Waals surface area contributed by atoms with Gasteiger partial charge in [-0.1, -0.05) is 29.3 Å². The maximum atomic E-state index is 14.0. The van der Waals surface area contributed by atoms with Crippen LogP contribution in [0.5, 0.6) is 0 Å². The monoisotopic (exact) mass is 338 g/mol. The van der Waals surface area contributed by atoms with E-state index in [9.17, 15) is 4.39 Å². The molecule has 2 N–H and O–H groups in total. The van der Waals surface area contributed by atoms with Gasteiger partial charge in [-0.25, -0.2) is 4.39 Å². The lowest BCUT2D eigenvalue weighted by Gasteiger charge is -2.06. The summed E-state index contributed by atoms with van der Waals surface area (Å²) in [5.41, 5.74) is 7.84. The molecule has 0 saturated carbocycles. The van der Waals surface area contributed by atoms with Gasteiger partial charge in [0.05, 0.1) is 5.69 Å². The van der Waals surface area contributed by atoms with Crippen molar-refractivity contribution in [3.63, 3.8) is 0 Å². The number of nitriles is 1. The van der Waals surface area contributed by atoms with Gasteiger partial charge >= 0.3 is 0 Å². The quantitative estimate of drug-likeness (QED) is 0.879. The third-order valence-electron chi connectivity index (χ3n) is 2.82. The molecule has 0 amide bonds. The van der Waals surface area contributed by atoms with Crippen LogP contribution in [0.25, 0.3) is 10.4 Å². The van der Waals surface area contributed by atoms with Gasteiger partial charge in [-0.05, 0) is 30.2 Å². The molecule has 1 aromatic heterocycles. The van der Waals surface area contributed by atoms with E-state index in [4.69, 9.17) is 11.0 Å². The molecular weight excluding hydrogens is 327 g/mol. The largest absolute Gasteiger partial charge is 0.397 e. The molecule has 2 nitrogen and oxygen atoms in total. The lowest BCUT2D eigenvalue weighted by molar-refractivity contribution is 0.631. The van der Waals surface area contributed by atoms with Gasteiger partial charge in [-0.3, -0.25) is 0 Å². The Labute approximate surface area is 123 Å². The molecular formula is C14H12BrFN2S. The summed E-state index contributed by atoms with van der Waals surface area (Å²) in [5.74, 6) is -0.300. The van der Waals surface area contributed by atoms with Crippen LogP contribution in [0, 0.1) is 17.1 Å². The number of hydrogen-bond acceptors (Lipinski definition) is 3. The van der Waals surface area contributed by atoms with Crippen LogP contribution in [0.2, 0.25) is 0 Å². The van der Waals surface area contributed by atoms with Crippen LogP contribution in [0.4, 0.5) is 10.1 Å². The number of anilines is 1. The summed E-state index contributed by atoms with van der Waals surface area (Å²) < 4.78 is 14.8. The third kappa shape index (κ3) is 2.65. The van der Waals surface area contributed by atoms with Crippen LogP contribution in [-0.2, 0) is 6.42 Å². The topological polar surface area (TPSA) is 49.8 Å². The van der Waals surface area contributed by atoms with Crippen molar-refractivity contribution in [2.45, 2.75) is 19.8 Å². The second kappa shape index (κ2) is 5.72. The van der Waals surface area contributed by atoms with E-state index in [0.717, 1.165) is 27.8 Å². The van der Waals surface area contributed by atoms with Gasteiger partial charge in [0.2, 0.25) is 0 Å². The van der Waals surface area contributed by atoms with Gasteiger partial charge < -0.3 is 5.73 Å². The van der Waals surface area contributed by atoms with Crippen molar-refractivity contribution in [2.24, 2.45) is 0 Å². The smallest absolute Gasteiger partial charge is 0.131 e. The summed E-state index contributed by atoms with van der Waals surface area (Å²) in [6.45, 7) is 2.03. The first-order chi connectivity index (χ1) is 9.08. The molecule has 5 heteroatoms. The lowest BCUT2D eigenvalue weighted by atomic mass is 10.0. The van der Waals surface area contributed by atoms with E-state index in [1.165, 1.54) is 17.4 Å². The number of halogens is 2. The highest BCUT2D eigenvalue weighted by Gasteiger charge is 2.19. The first-order valence-electron chi connectivity index (χ1n) is 5.85. The molecule has 2 aromatic rings. The number of hydrogen-bond donors (Lipinski definition) is 1. The Morgan fingerprint density at radius 2 is 2.21 bits per heavy atom. The molecule has 0 radical (unpaired) electrons. The Bertz CT molecular complexity index is 658. The summed E-state index contributed by atoms with van der Waals surface area (Å²) in [5, 5.41) is 9.07.